The Labute approximate surface area is 220 Å². The fourth-order valence-electron chi connectivity index (χ4n) is 5.23. The maximum absolute atomic E-state index is 2.49. The minimum Gasteiger partial charge on any atom is -0.155 e. The van der Waals surface area contributed by atoms with E-state index < -0.39 is 0 Å². The van der Waals surface area contributed by atoms with Crippen molar-refractivity contribution in [1.82, 2.24) is 4.58 Å². The zero-order valence-corrected chi connectivity index (χ0v) is 21.9. The third-order valence-electron chi connectivity index (χ3n) is 7.04. The molecule has 2 aliphatic heterocycles. The molecule has 174 valence electrons. The van der Waals surface area contributed by atoms with Gasteiger partial charge in [-0.1, -0.05) is 65.8 Å². The van der Waals surface area contributed by atoms with Crippen molar-refractivity contribution in [1.29, 1.82) is 0 Å². The molecule has 2 nitrogen and oxygen atoms in total. The zero-order chi connectivity index (χ0) is 24.2. The number of nitrogens with zero attached hydrogens (tertiary/aromatic N) is 2. The molecule has 2 atom stereocenters. The van der Waals surface area contributed by atoms with Crippen LogP contribution in [-0.4, -0.2) is 26.5 Å². The number of hydrogen-bond acceptors (Lipinski definition) is 2. The molecule has 0 bridgehead atoms. The van der Waals surface area contributed by atoms with E-state index in [0.717, 1.165) is 0 Å². The van der Waals surface area contributed by atoms with E-state index >= 15 is 0 Å². The lowest BCUT2D eigenvalue weighted by Gasteiger charge is -2.29. The molecule has 4 heteroatoms. The van der Waals surface area contributed by atoms with Crippen molar-refractivity contribution < 1.29 is 4.58 Å². The van der Waals surface area contributed by atoms with Crippen LogP contribution in [0.5, 0.6) is 0 Å². The topological polar surface area (TPSA) is 6.02 Å². The Morgan fingerprint density at radius 3 is 2.11 bits per heavy atom. The largest absolute Gasteiger partial charge is 0.231 e. The molecule has 0 saturated heterocycles. The standard InChI is InChI=1S/C32H26N2S2/c1-21-11-15-23(16-12-21)33-25-7-3-5-9-29(25)35-31-20-32-28(19-27(31)33)34(24-17-13-22(2)14-18-24)26-8-4-6-10-30(26)36-32/h3-20,29,32H,1-2H3/q+2. The van der Waals surface area contributed by atoms with Crippen molar-refractivity contribution in [2.45, 2.75) is 29.2 Å². The molecule has 2 unspecified atom stereocenters. The molecule has 0 aromatic heterocycles. The van der Waals surface area contributed by atoms with Crippen LogP contribution in [0, 0.1) is 13.8 Å². The smallest absolute Gasteiger partial charge is 0.155 e. The summed E-state index contributed by atoms with van der Waals surface area (Å²) >= 11 is 3.92. The highest BCUT2D eigenvalue weighted by Crippen LogP contribution is 2.47. The van der Waals surface area contributed by atoms with E-state index in [1.807, 2.05) is 23.5 Å². The molecule has 0 saturated carbocycles. The number of para-hydroxylation sites is 1. The molecule has 0 spiro atoms. The summed E-state index contributed by atoms with van der Waals surface area (Å²) in [5.41, 5.74) is 10.1. The maximum Gasteiger partial charge on any atom is 0.231 e. The maximum atomic E-state index is 2.49. The van der Waals surface area contributed by atoms with Crippen molar-refractivity contribution in [2.24, 2.45) is 0 Å². The Kier molecular flexibility index (Phi) is 5.26. The Hall–Kier alpha value is -3.34. The molecule has 4 aliphatic rings. The van der Waals surface area contributed by atoms with Crippen LogP contribution in [0.15, 0.2) is 125 Å². The summed E-state index contributed by atoms with van der Waals surface area (Å²) in [4.78, 5) is 2.68. The molecule has 0 N–H and O–H groups in total. The second-order valence-electron chi connectivity index (χ2n) is 9.54. The molecule has 0 fully saturated rings. The number of fused-ring (bicyclic) bond motifs is 4. The average molecular weight is 503 g/mol. The van der Waals surface area contributed by atoms with E-state index in [1.165, 1.54) is 55.1 Å². The van der Waals surface area contributed by atoms with Gasteiger partial charge in [0.2, 0.25) is 34.2 Å². The number of allylic oxidation sites excluding steroid dienone is 4. The number of aryl methyl sites for hydroxylation is 2. The van der Waals surface area contributed by atoms with E-state index in [-0.39, 0.29) is 5.25 Å². The molecule has 0 radical (unpaired) electrons. The fourth-order valence-corrected chi connectivity index (χ4v) is 7.76. The lowest BCUT2D eigenvalue weighted by Crippen LogP contribution is -2.36. The molecule has 3 aromatic carbocycles. The van der Waals surface area contributed by atoms with Gasteiger partial charge in [-0.3, -0.25) is 0 Å². The van der Waals surface area contributed by atoms with Crippen LogP contribution in [0.4, 0.5) is 17.1 Å². The van der Waals surface area contributed by atoms with E-state index in [0.29, 0.717) is 5.25 Å². The van der Waals surface area contributed by atoms with E-state index in [2.05, 4.69) is 132 Å². The van der Waals surface area contributed by atoms with Gasteiger partial charge in [-0.15, -0.1) is 23.5 Å². The van der Waals surface area contributed by atoms with Gasteiger partial charge in [-0.25, -0.2) is 0 Å². The second-order valence-corrected chi connectivity index (χ2v) is 11.9. The van der Waals surface area contributed by atoms with Gasteiger partial charge in [0, 0.05) is 36.4 Å². The molecular weight excluding hydrogens is 477 g/mol. The van der Waals surface area contributed by atoms with Crippen LogP contribution in [0.1, 0.15) is 11.1 Å². The van der Waals surface area contributed by atoms with Crippen LogP contribution in [0.2, 0.25) is 0 Å². The Morgan fingerprint density at radius 1 is 0.667 bits per heavy atom. The molecule has 0 amide bonds. The van der Waals surface area contributed by atoms with E-state index in [4.69, 9.17) is 0 Å². The Bertz CT molecular complexity index is 1580. The summed E-state index contributed by atoms with van der Waals surface area (Å²) in [6.45, 7) is 4.30. The van der Waals surface area contributed by atoms with Crippen LogP contribution < -0.4 is 4.58 Å². The quantitative estimate of drug-likeness (QED) is 0.329. The van der Waals surface area contributed by atoms with Gasteiger partial charge in [0.1, 0.15) is 10.5 Å². The van der Waals surface area contributed by atoms with Crippen LogP contribution in [0.25, 0.3) is 0 Å². The monoisotopic (exact) mass is 502 g/mol. The van der Waals surface area contributed by atoms with Crippen molar-refractivity contribution in [3.63, 3.8) is 0 Å². The summed E-state index contributed by atoms with van der Waals surface area (Å²) in [6, 6.07) is 26.6. The molecule has 36 heavy (non-hydrogen) atoms. The summed E-state index contributed by atoms with van der Waals surface area (Å²) in [5, 5.41) is 0.576. The highest BCUT2D eigenvalue weighted by Gasteiger charge is 2.44. The molecule has 3 aromatic rings. The lowest BCUT2D eigenvalue weighted by atomic mass is 10.0. The molecular formula is C32H26N2S2+2. The van der Waals surface area contributed by atoms with Crippen molar-refractivity contribution >= 4 is 52.0 Å². The van der Waals surface area contributed by atoms with Gasteiger partial charge in [-0.05, 0) is 26.0 Å². The highest BCUT2D eigenvalue weighted by molar-refractivity contribution is 8.05. The first kappa shape index (κ1) is 21.9. The summed E-state index contributed by atoms with van der Waals surface area (Å²) < 4.78 is 4.93. The first-order valence-corrected chi connectivity index (χ1v) is 14.1. The summed E-state index contributed by atoms with van der Waals surface area (Å²) in [7, 11) is 0. The van der Waals surface area contributed by atoms with Gasteiger partial charge in [-0.2, -0.15) is 9.15 Å². The van der Waals surface area contributed by atoms with Crippen molar-refractivity contribution in [2.75, 3.05) is 0 Å². The fraction of sp³-hybridized carbons (Fsp3) is 0.125. The van der Waals surface area contributed by atoms with Gasteiger partial charge >= 0.3 is 0 Å². The normalized spacial score (nSPS) is 21.8. The molecule has 2 heterocycles. The first-order valence-electron chi connectivity index (χ1n) is 12.3. The van der Waals surface area contributed by atoms with Gasteiger partial charge in [0.15, 0.2) is 0 Å². The highest BCUT2D eigenvalue weighted by atomic mass is 32.2. The van der Waals surface area contributed by atoms with Crippen molar-refractivity contribution in [3.8, 4) is 0 Å². The number of thioether (sulfide) groups is 2. The second kappa shape index (κ2) is 8.65. The summed E-state index contributed by atoms with van der Waals surface area (Å²) in [6.07, 6.45) is 13.8. The Balaban J connectivity index is 1.50. The SMILES string of the molecule is Cc1ccc([N+]2=C3C=CC=CC3SC3=CC4Sc5ccccc5[N+](c5ccc(C)cc5)=C4C=C32)cc1. The van der Waals surface area contributed by atoms with Crippen LogP contribution in [-0.2, 0) is 0 Å². The van der Waals surface area contributed by atoms with Gasteiger partial charge in [0.25, 0.3) is 0 Å². The minimum atomic E-state index is 0.261. The summed E-state index contributed by atoms with van der Waals surface area (Å²) in [5.74, 6) is 0. The third-order valence-corrected chi connectivity index (χ3v) is 9.52. The number of benzene rings is 3. The Morgan fingerprint density at radius 2 is 1.36 bits per heavy atom. The van der Waals surface area contributed by atoms with E-state index in [1.54, 1.807) is 0 Å². The molecule has 2 aliphatic carbocycles. The van der Waals surface area contributed by atoms with Gasteiger partial charge < -0.3 is 0 Å². The zero-order valence-electron chi connectivity index (χ0n) is 20.3. The van der Waals surface area contributed by atoms with Crippen LogP contribution in [0.3, 0.4) is 0 Å². The van der Waals surface area contributed by atoms with Crippen molar-refractivity contribution in [3.05, 3.63) is 131 Å². The minimum absolute atomic E-state index is 0.261. The molecule has 7 rings (SSSR count). The predicted molar refractivity (Wildman–Crippen MR) is 156 cm³/mol. The third kappa shape index (κ3) is 3.59. The van der Waals surface area contributed by atoms with Gasteiger partial charge in [0.05, 0.1) is 15.9 Å². The average Bonchev–Trinajstić information content (AvgIpc) is 2.91. The van der Waals surface area contributed by atoms with Crippen LogP contribution >= 0.6 is 23.5 Å². The first-order chi connectivity index (χ1) is 17.7. The number of hydrogen-bond donors (Lipinski definition) is 0. The van der Waals surface area contributed by atoms with E-state index in [9.17, 15) is 0 Å². The lowest BCUT2D eigenvalue weighted by molar-refractivity contribution is -0.379. The predicted octanol–water partition coefficient (Wildman–Crippen LogP) is 7.86. The number of rotatable bonds is 2.